The van der Waals surface area contributed by atoms with Gasteiger partial charge in [0.1, 0.15) is 0 Å². The lowest BCUT2D eigenvalue weighted by molar-refractivity contribution is -0.140. The van der Waals surface area contributed by atoms with E-state index in [1.807, 2.05) is 0 Å². The van der Waals surface area contributed by atoms with Crippen LogP contribution in [0.2, 0.25) is 0 Å². The van der Waals surface area contributed by atoms with Crippen molar-refractivity contribution in [3.05, 3.63) is 0 Å². The summed E-state index contributed by atoms with van der Waals surface area (Å²) < 4.78 is 0. The summed E-state index contributed by atoms with van der Waals surface area (Å²) >= 11 is 0. The van der Waals surface area contributed by atoms with Crippen LogP contribution in [-0.4, -0.2) is 58.1 Å². The van der Waals surface area contributed by atoms with Crippen LogP contribution in [0.15, 0.2) is 0 Å². The van der Waals surface area contributed by atoms with Crippen molar-refractivity contribution in [1.29, 1.82) is 0 Å². The molecule has 1 aliphatic heterocycles. The van der Waals surface area contributed by atoms with E-state index in [9.17, 15) is 4.79 Å². The Bertz CT molecular complexity index is 294. The number of hydrogen-bond acceptors (Lipinski definition) is 3. The zero-order valence-electron chi connectivity index (χ0n) is 11.1. The highest BCUT2D eigenvalue weighted by molar-refractivity contribution is 5.69. The molecule has 0 amide bonds. The largest absolute Gasteiger partial charge is 0.480 e. The third-order valence-corrected chi connectivity index (χ3v) is 3.87. The third-order valence-electron chi connectivity index (χ3n) is 3.87. The Balaban J connectivity index is 1.98. The molecule has 1 N–H and O–H groups in total. The molecule has 1 aliphatic carbocycles. The maximum Gasteiger partial charge on any atom is 0.317 e. The van der Waals surface area contributed by atoms with Gasteiger partial charge in [0.2, 0.25) is 0 Å². The molecule has 1 heterocycles. The fourth-order valence-electron chi connectivity index (χ4n) is 2.85. The second kappa shape index (κ2) is 4.58. The minimum absolute atomic E-state index is 0.0668. The van der Waals surface area contributed by atoms with Crippen LogP contribution in [0.5, 0.6) is 0 Å². The van der Waals surface area contributed by atoms with E-state index in [1.165, 1.54) is 12.8 Å². The molecule has 0 spiro atoms. The van der Waals surface area contributed by atoms with Gasteiger partial charge in [0.05, 0.1) is 6.54 Å². The van der Waals surface area contributed by atoms with Gasteiger partial charge >= 0.3 is 5.97 Å². The summed E-state index contributed by atoms with van der Waals surface area (Å²) in [5, 5.41) is 9.04. The molecule has 1 unspecified atom stereocenters. The van der Waals surface area contributed by atoms with Gasteiger partial charge in [-0.1, -0.05) is 0 Å². The van der Waals surface area contributed by atoms with Gasteiger partial charge in [-0.05, 0) is 40.0 Å². The normalized spacial score (nSPS) is 26.7. The summed E-state index contributed by atoms with van der Waals surface area (Å²) in [6.07, 6.45) is 3.78. The van der Waals surface area contributed by atoms with Crippen molar-refractivity contribution in [2.75, 3.05) is 19.6 Å². The SMILES string of the molecule is CC(C)(C)N(CC(=O)O)C1CCN(C2CC2)C1. The summed E-state index contributed by atoms with van der Waals surface area (Å²) in [7, 11) is 0. The third kappa shape index (κ3) is 3.19. The summed E-state index contributed by atoms with van der Waals surface area (Å²) in [5.41, 5.74) is -0.0668. The van der Waals surface area contributed by atoms with Crippen LogP contribution in [-0.2, 0) is 4.79 Å². The zero-order valence-corrected chi connectivity index (χ0v) is 11.1. The smallest absolute Gasteiger partial charge is 0.317 e. The Kier molecular flexibility index (Phi) is 3.46. The zero-order chi connectivity index (χ0) is 12.6. The van der Waals surface area contributed by atoms with Crippen LogP contribution in [0.3, 0.4) is 0 Å². The van der Waals surface area contributed by atoms with Crippen molar-refractivity contribution < 1.29 is 9.90 Å². The molecule has 0 bridgehead atoms. The molecule has 1 saturated heterocycles. The summed E-state index contributed by atoms with van der Waals surface area (Å²) in [5.74, 6) is -0.718. The maximum absolute atomic E-state index is 11.0. The highest BCUT2D eigenvalue weighted by Crippen LogP contribution is 2.32. The van der Waals surface area contributed by atoms with Crippen molar-refractivity contribution in [3.8, 4) is 0 Å². The van der Waals surface area contributed by atoms with Crippen LogP contribution >= 0.6 is 0 Å². The quantitative estimate of drug-likeness (QED) is 0.807. The molecule has 0 radical (unpaired) electrons. The molecule has 2 rings (SSSR count). The first kappa shape index (κ1) is 12.8. The maximum atomic E-state index is 11.0. The van der Waals surface area contributed by atoms with E-state index in [0.717, 1.165) is 25.6 Å². The fraction of sp³-hybridized carbons (Fsp3) is 0.923. The van der Waals surface area contributed by atoms with E-state index in [0.29, 0.717) is 6.04 Å². The van der Waals surface area contributed by atoms with E-state index < -0.39 is 5.97 Å². The van der Waals surface area contributed by atoms with Gasteiger partial charge in [-0.2, -0.15) is 0 Å². The monoisotopic (exact) mass is 240 g/mol. The molecule has 0 aromatic carbocycles. The van der Waals surface area contributed by atoms with Gasteiger partial charge in [-0.3, -0.25) is 14.6 Å². The molecule has 4 nitrogen and oxygen atoms in total. The minimum atomic E-state index is -0.718. The number of carboxylic acid groups (broad SMARTS) is 1. The van der Waals surface area contributed by atoms with Gasteiger partial charge in [0.15, 0.2) is 0 Å². The molecule has 4 heteroatoms. The molecule has 0 aromatic rings. The van der Waals surface area contributed by atoms with Gasteiger partial charge in [-0.15, -0.1) is 0 Å². The molecule has 98 valence electrons. The van der Waals surface area contributed by atoms with Crippen LogP contribution < -0.4 is 0 Å². The van der Waals surface area contributed by atoms with Crippen molar-refractivity contribution >= 4 is 5.97 Å². The molecule has 1 saturated carbocycles. The van der Waals surface area contributed by atoms with Crippen molar-refractivity contribution in [2.45, 2.75) is 57.7 Å². The number of likely N-dealkylation sites (tertiary alicyclic amines) is 1. The summed E-state index contributed by atoms with van der Waals surface area (Å²) in [6, 6.07) is 1.21. The lowest BCUT2D eigenvalue weighted by atomic mass is 10.0. The van der Waals surface area contributed by atoms with Crippen LogP contribution in [0, 0.1) is 0 Å². The molecular weight excluding hydrogens is 216 g/mol. The molecule has 2 aliphatic rings. The Morgan fingerprint density at radius 3 is 2.47 bits per heavy atom. The summed E-state index contributed by atoms with van der Waals surface area (Å²) in [6.45, 7) is 8.67. The molecule has 0 aromatic heterocycles. The number of aliphatic carboxylic acids is 1. The number of carboxylic acids is 1. The van der Waals surface area contributed by atoms with E-state index in [2.05, 4.69) is 30.6 Å². The first-order chi connectivity index (χ1) is 7.88. The lowest BCUT2D eigenvalue weighted by Crippen LogP contribution is -2.51. The van der Waals surface area contributed by atoms with Crippen molar-refractivity contribution in [3.63, 3.8) is 0 Å². The van der Waals surface area contributed by atoms with Gasteiger partial charge in [-0.25, -0.2) is 0 Å². The van der Waals surface area contributed by atoms with E-state index in [1.54, 1.807) is 0 Å². The Labute approximate surface area is 104 Å². The topological polar surface area (TPSA) is 43.8 Å². The Morgan fingerprint density at radius 2 is 2.00 bits per heavy atom. The number of nitrogens with zero attached hydrogens (tertiary/aromatic N) is 2. The Hall–Kier alpha value is -0.610. The van der Waals surface area contributed by atoms with E-state index >= 15 is 0 Å². The van der Waals surface area contributed by atoms with Crippen molar-refractivity contribution in [2.24, 2.45) is 0 Å². The first-order valence-corrected chi connectivity index (χ1v) is 6.60. The first-order valence-electron chi connectivity index (χ1n) is 6.60. The second-order valence-electron chi connectivity index (χ2n) is 6.36. The van der Waals surface area contributed by atoms with Crippen LogP contribution in [0.1, 0.15) is 40.0 Å². The molecule has 1 atom stereocenters. The van der Waals surface area contributed by atoms with E-state index in [4.69, 9.17) is 5.11 Å². The van der Waals surface area contributed by atoms with Gasteiger partial charge in [0, 0.05) is 30.7 Å². The van der Waals surface area contributed by atoms with Crippen LogP contribution in [0.25, 0.3) is 0 Å². The predicted molar refractivity (Wildman–Crippen MR) is 67.1 cm³/mol. The lowest BCUT2D eigenvalue weighted by Gasteiger charge is -2.39. The highest BCUT2D eigenvalue weighted by atomic mass is 16.4. The van der Waals surface area contributed by atoms with E-state index in [-0.39, 0.29) is 12.1 Å². The highest BCUT2D eigenvalue weighted by Gasteiger charge is 2.39. The Morgan fingerprint density at radius 1 is 1.35 bits per heavy atom. The average molecular weight is 240 g/mol. The minimum Gasteiger partial charge on any atom is -0.480 e. The predicted octanol–water partition coefficient (Wildman–Crippen LogP) is 1.41. The number of rotatable bonds is 4. The fourth-order valence-corrected chi connectivity index (χ4v) is 2.85. The summed E-state index contributed by atoms with van der Waals surface area (Å²) in [4.78, 5) is 15.7. The molecule has 17 heavy (non-hydrogen) atoms. The molecular formula is C13H24N2O2. The van der Waals surface area contributed by atoms with Gasteiger partial charge in [0.25, 0.3) is 0 Å². The second-order valence-corrected chi connectivity index (χ2v) is 6.36. The standard InChI is InChI=1S/C13H24N2O2/c1-13(2,3)15(9-12(16)17)11-6-7-14(8-11)10-4-5-10/h10-11H,4-9H2,1-3H3,(H,16,17). The van der Waals surface area contributed by atoms with Crippen molar-refractivity contribution in [1.82, 2.24) is 9.80 Å². The van der Waals surface area contributed by atoms with Crippen LogP contribution in [0.4, 0.5) is 0 Å². The average Bonchev–Trinajstić information content (AvgIpc) is 2.92. The van der Waals surface area contributed by atoms with Gasteiger partial charge < -0.3 is 5.11 Å². The number of hydrogen-bond donors (Lipinski definition) is 1. The molecule has 2 fully saturated rings. The number of carbonyl (C=O) groups is 1.